The van der Waals surface area contributed by atoms with Crippen molar-refractivity contribution in [2.45, 2.75) is 36.2 Å². The Morgan fingerprint density at radius 1 is 1.09 bits per heavy atom. The zero-order valence-corrected chi connectivity index (χ0v) is 17.4. The van der Waals surface area contributed by atoms with Crippen LogP contribution in [0, 0.1) is 0 Å². The predicted molar refractivity (Wildman–Crippen MR) is 104 cm³/mol. The van der Waals surface area contributed by atoms with Crippen molar-refractivity contribution in [3.8, 4) is 17.2 Å². The average Bonchev–Trinajstić information content (AvgIpc) is 3.27. The van der Waals surface area contributed by atoms with E-state index in [2.05, 4.69) is 4.74 Å². The van der Waals surface area contributed by atoms with E-state index in [9.17, 15) is 31.6 Å². The molecule has 174 valence electrons. The van der Waals surface area contributed by atoms with E-state index < -0.39 is 39.8 Å². The Kier molecular flexibility index (Phi) is 7.26. The first kappa shape index (κ1) is 23.8. The fourth-order valence-corrected chi connectivity index (χ4v) is 4.78. The molecule has 8 nitrogen and oxygen atoms in total. The van der Waals surface area contributed by atoms with E-state index >= 15 is 0 Å². The van der Waals surface area contributed by atoms with E-state index in [4.69, 9.17) is 9.47 Å². The minimum Gasteiger partial charge on any atom is -0.457 e. The normalized spacial score (nSPS) is 17.6. The Morgan fingerprint density at radius 2 is 1.66 bits per heavy atom. The van der Waals surface area contributed by atoms with Crippen molar-refractivity contribution in [3.63, 3.8) is 0 Å². The van der Waals surface area contributed by atoms with Gasteiger partial charge in [0.1, 0.15) is 17.2 Å². The van der Waals surface area contributed by atoms with Gasteiger partial charge in [0.05, 0.1) is 22.8 Å². The highest BCUT2D eigenvalue weighted by molar-refractivity contribution is 7.91. The van der Waals surface area contributed by atoms with E-state index in [-0.39, 0.29) is 22.8 Å². The fraction of sp³-hybridized carbons (Fsp3) is 0.350. The van der Waals surface area contributed by atoms with Crippen LogP contribution in [0.25, 0.3) is 0 Å². The van der Waals surface area contributed by atoms with Gasteiger partial charge in [0.15, 0.2) is 9.84 Å². The molecule has 12 heteroatoms. The molecule has 1 heterocycles. The first-order chi connectivity index (χ1) is 15.1. The topological polar surface area (TPSA) is 102 Å². The Morgan fingerprint density at radius 3 is 2.16 bits per heavy atom. The molecule has 1 aliphatic rings. The highest BCUT2D eigenvalue weighted by Crippen LogP contribution is 2.28. The maximum atomic E-state index is 12.8. The molecule has 0 saturated carbocycles. The van der Waals surface area contributed by atoms with Gasteiger partial charge in [0, 0.05) is 6.61 Å². The molecule has 3 rings (SSSR count). The van der Waals surface area contributed by atoms with Crippen LogP contribution in [-0.4, -0.2) is 56.0 Å². The van der Waals surface area contributed by atoms with Crippen LogP contribution in [0.3, 0.4) is 0 Å². The molecule has 1 saturated heterocycles. The standard InChI is InChI=1S/C20H20F3NO7S/c21-20(22,23)31-16-5-3-14(4-6-16)30-15-7-9-17(10-8-15)32(27,28)12-18(24(26)13-25)19-2-1-11-29-19/h3-10,13,18-19,26H,1-2,11-12H2/t18-,19-/m0/s1. The van der Waals surface area contributed by atoms with Crippen LogP contribution in [0.1, 0.15) is 12.8 Å². The molecule has 0 aliphatic carbocycles. The van der Waals surface area contributed by atoms with Crippen molar-refractivity contribution in [3.05, 3.63) is 48.5 Å². The van der Waals surface area contributed by atoms with Gasteiger partial charge in [-0.3, -0.25) is 10.0 Å². The van der Waals surface area contributed by atoms with Gasteiger partial charge in [0.25, 0.3) is 0 Å². The van der Waals surface area contributed by atoms with Crippen LogP contribution in [0.5, 0.6) is 17.2 Å². The number of halogens is 3. The zero-order chi connectivity index (χ0) is 23.4. The van der Waals surface area contributed by atoms with Crippen LogP contribution in [-0.2, 0) is 19.4 Å². The van der Waals surface area contributed by atoms with Gasteiger partial charge in [-0.1, -0.05) is 0 Å². The second-order valence-corrected chi connectivity index (χ2v) is 9.01. The van der Waals surface area contributed by atoms with Crippen LogP contribution < -0.4 is 9.47 Å². The molecule has 1 aliphatic heterocycles. The summed E-state index contributed by atoms with van der Waals surface area (Å²) in [5.41, 5.74) is 0. The zero-order valence-electron chi connectivity index (χ0n) is 16.6. The lowest BCUT2D eigenvalue weighted by Gasteiger charge is -2.27. The average molecular weight is 475 g/mol. The lowest BCUT2D eigenvalue weighted by molar-refractivity contribution is -0.274. The van der Waals surface area contributed by atoms with Crippen molar-refractivity contribution in [2.24, 2.45) is 0 Å². The molecular formula is C20H20F3NO7S. The van der Waals surface area contributed by atoms with Crippen molar-refractivity contribution < 1.29 is 45.8 Å². The van der Waals surface area contributed by atoms with Crippen LogP contribution in [0.4, 0.5) is 13.2 Å². The van der Waals surface area contributed by atoms with Crippen LogP contribution >= 0.6 is 0 Å². The quantitative estimate of drug-likeness (QED) is 0.336. The highest BCUT2D eigenvalue weighted by Gasteiger charge is 2.35. The minimum absolute atomic E-state index is 0.0546. The number of alkyl halides is 3. The third kappa shape index (κ3) is 6.34. The van der Waals surface area contributed by atoms with Crippen LogP contribution in [0.2, 0.25) is 0 Å². The molecule has 1 fully saturated rings. The number of carbonyl (C=O) groups is 1. The number of sulfone groups is 1. The molecule has 0 bridgehead atoms. The van der Waals surface area contributed by atoms with Gasteiger partial charge in [-0.15, -0.1) is 13.2 Å². The Bertz CT molecular complexity index is 1000. The van der Waals surface area contributed by atoms with Crippen molar-refractivity contribution in [1.82, 2.24) is 5.06 Å². The van der Waals surface area contributed by atoms with E-state index in [1.165, 1.54) is 36.4 Å². The summed E-state index contributed by atoms with van der Waals surface area (Å²) in [6.07, 6.45) is -4.03. The molecule has 2 aromatic rings. The Labute approximate surface area is 182 Å². The first-order valence-electron chi connectivity index (χ1n) is 9.48. The number of hydrogen-bond donors (Lipinski definition) is 1. The molecule has 2 aromatic carbocycles. The first-order valence-corrected chi connectivity index (χ1v) is 11.1. The van der Waals surface area contributed by atoms with Gasteiger partial charge in [-0.2, -0.15) is 0 Å². The van der Waals surface area contributed by atoms with E-state index in [0.717, 1.165) is 12.1 Å². The molecule has 2 atom stereocenters. The largest absolute Gasteiger partial charge is 0.573 e. The monoisotopic (exact) mass is 475 g/mol. The van der Waals surface area contributed by atoms with E-state index in [1.807, 2.05) is 0 Å². The molecule has 1 N–H and O–H groups in total. The number of hydroxylamine groups is 2. The summed E-state index contributed by atoms with van der Waals surface area (Å²) in [6.45, 7) is 0.420. The van der Waals surface area contributed by atoms with Crippen molar-refractivity contribution >= 4 is 16.2 Å². The predicted octanol–water partition coefficient (Wildman–Crippen LogP) is 3.55. The van der Waals surface area contributed by atoms with Gasteiger partial charge in [-0.05, 0) is 61.4 Å². The second-order valence-electron chi connectivity index (χ2n) is 6.98. The molecule has 1 amide bonds. The van der Waals surface area contributed by atoms with Gasteiger partial charge in [-0.25, -0.2) is 13.5 Å². The summed E-state index contributed by atoms with van der Waals surface area (Å²) < 4.78 is 76.9. The minimum atomic E-state index is -4.80. The molecule has 0 radical (unpaired) electrons. The number of benzene rings is 2. The number of carbonyl (C=O) groups excluding carboxylic acids is 1. The number of rotatable bonds is 9. The van der Waals surface area contributed by atoms with Crippen molar-refractivity contribution in [1.29, 1.82) is 0 Å². The highest BCUT2D eigenvalue weighted by atomic mass is 32.2. The lowest BCUT2D eigenvalue weighted by Crippen LogP contribution is -2.45. The summed E-state index contributed by atoms with van der Waals surface area (Å²) in [7, 11) is -3.88. The SMILES string of the molecule is O=CN(O)[C@@H](CS(=O)(=O)c1ccc(Oc2ccc(OC(F)(F)F)cc2)cc1)[C@@H]1CCCO1. The summed E-state index contributed by atoms with van der Waals surface area (Å²) >= 11 is 0. The molecule has 32 heavy (non-hydrogen) atoms. The second kappa shape index (κ2) is 9.76. The molecular weight excluding hydrogens is 455 g/mol. The van der Waals surface area contributed by atoms with E-state index in [0.29, 0.717) is 24.5 Å². The van der Waals surface area contributed by atoms with Gasteiger partial charge < -0.3 is 14.2 Å². The molecule has 0 aromatic heterocycles. The summed E-state index contributed by atoms with van der Waals surface area (Å²) in [5.74, 6) is -0.468. The number of nitrogens with zero attached hydrogens (tertiary/aromatic N) is 1. The molecule has 0 unspecified atom stereocenters. The maximum absolute atomic E-state index is 12.8. The number of hydrogen-bond acceptors (Lipinski definition) is 7. The third-order valence-corrected chi connectivity index (χ3v) is 6.48. The maximum Gasteiger partial charge on any atom is 0.573 e. The number of amides is 1. The smallest absolute Gasteiger partial charge is 0.457 e. The van der Waals surface area contributed by atoms with Gasteiger partial charge in [0.2, 0.25) is 6.41 Å². The molecule has 0 spiro atoms. The Balaban J connectivity index is 1.68. The Hall–Kier alpha value is -2.83. The summed E-state index contributed by atoms with van der Waals surface area (Å²) in [6, 6.07) is 9.01. The lowest BCUT2D eigenvalue weighted by atomic mass is 10.1. The third-order valence-electron chi connectivity index (χ3n) is 4.71. The van der Waals surface area contributed by atoms with Crippen molar-refractivity contribution in [2.75, 3.05) is 12.4 Å². The summed E-state index contributed by atoms with van der Waals surface area (Å²) in [4.78, 5) is 10.9. The van der Waals surface area contributed by atoms with Crippen LogP contribution in [0.15, 0.2) is 53.4 Å². The summed E-state index contributed by atoms with van der Waals surface area (Å²) in [5, 5.41) is 10.1. The number of ether oxygens (including phenoxy) is 3. The fourth-order valence-electron chi connectivity index (χ4n) is 3.22. The van der Waals surface area contributed by atoms with E-state index in [1.54, 1.807) is 0 Å². The van der Waals surface area contributed by atoms with Gasteiger partial charge >= 0.3 is 6.36 Å².